The third-order valence-corrected chi connectivity index (χ3v) is 9.75. The first-order valence-corrected chi connectivity index (χ1v) is 22.3. The normalized spacial score (nSPS) is 12.8. The Hall–Kier alpha value is -2.36. The van der Waals surface area contributed by atoms with Gasteiger partial charge in [0.25, 0.3) is 0 Å². The van der Waals surface area contributed by atoms with Gasteiger partial charge in [0, 0.05) is 12.8 Å². The maximum atomic E-state index is 12.7. The van der Waals surface area contributed by atoms with Crippen molar-refractivity contribution in [1.82, 2.24) is 0 Å². The number of carbonyl (C=O) groups excluding carboxylic acids is 1. The van der Waals surface area contributed by atoms with Crippen LogP contribution in [-0.2, 0) is 14.3 Å². The van der Waals surface area contributed by atoms with E-state index in [0.717, 1.165) is 77.0 Å². The number of unbranched alkanes of at least 4 members (excludes halogenated alkanes) is 21. The Morgan fingerprint density at radius 1 is 0.442 bits per heavy atom. The van der Waals surface area contributed by atoms with Gasteiger partial charge >= 0.3 is 11.9 Å². The van der Waals surface area contributed by atoms with Crippen molar-refractivity contribution in [2.24, 2.45) is 0 Å². The SMILES string of the molecule is CC/C=C\C/C=C\C/C=C\C/C=C\C/C=C\CCCCCCCC(=O)OC(CCCCCCCC)CCCCCCCCCCCCCCC(=O)O. The van der Waals surface area contributed by atoms with Crippen LogP contribution < -0.4 is 0 Å². The highest BCUT2D eigenvalue weighted by Gasteiger charge is 2.14. The molecule has 1 unspecified atom stereocenters. The van der Waals surface area contributed by atoms with Gasteiger partial charge in [-0.2, -0.15) is 0 Å². The fourth-order valence-corrected chi connectivity index (χ4v) is 6.51. The van der Waals surface area contributed by atoms with Crippen LogP contribution in [0.2, 0.25) is 0 Å². The first-order valence-electron chi connectivity index (χ1n) is 22.3. The Balaban J connectivity index is 3.95. The summed E-state index contributed by atoms with van der Waals surface area (Å²) in [5.41, 5.74) is 0. The number of esters is 1. The fourth-order valence-electron chi connectivity index (χ4n) is 6.51. The summed E-state index contributed by atoms with van der Waals surface area (Å²) in [4.78, 5) is 23.3. The van der Waals surface area contributed by atoms with Crippen molar-refractivity contribution in [1.29, 1.82) is 0 Å². The third kappa shape index (κ3) is 42.1. The number of aliphatic carboxylic acids is 1. The predicted molar refractivity (Wildman–Crippen MR) is 227 cm³/mol. The largest absolute Gasteiger partial charge is 0.481 e. The van der Waals surface area contributed by atoms with Crippen LogP contribution >= 0.6 is 0 Å². The average molecular weight is 725 g/mol. The third-order valence-electron chi connectivity index (χ3n) is 9.75. The quantitative estimate of drug-likeness (QED) is 0.0388. The lowest BCUT2D eigenvalue weighted by Gasteiger charge is -2.18. The van der Waals surface area contributed by atoms with E-state index in [2.05, 4.69) is 74.6 Å². The molecule has 0 saturated heterocycles. The molecule has 4 nitrogen and oxygen atoms in total. The number of hydrogen-bond acceptors (Lipinski definition) is 3. The molecule has 300 valence electrons. The molecule has 0 aromatic carbocycles. The van der Waals surface area contributed by atoms with Gasteiger partial charge in [-0.05, 0) is 83.5 Å². The van der Waals surface area contributed by atoms with Gasteiger partial charge in [-0.1, -0.05) is 190 Å². The van der Waals surface area contributed by atoms with Gasteiger partial charge in [0.2, 0.25) is 0 Å². The lowest BCUT2D eigenvalue weighted by molar-refractivity contribution is -0.150. The second-order valence-electron chi connectivity index (χ2n) is 14.9. The van der Waals surface area contributed by atoms with Crippen LogP contribution in [0.25, 0.3) is 0 Å². The van der Waals surface area contributed by atoms with Crippen LogP contribution in [0.5, 0.6) is 0 Å². The Bertz CT molecular complexity index is 911. The highest BCUT2D eigenvalue weighted by Crippen LogP contribution is 2.19. The van der Waals surface area contributed by atoms with Gasteiger partial charge in [0.1, 0.15) is 6.10 Å². The van der Waals surface area contributed by atoms with Crippen molar-refractivity contribution in [3.05, 3.63) is 60.8 Å². The molecule has 0 rings (SSSR count). The summed E-state index contributed by atoms with van der Waals surface area (Å²) < 4.78 is 6.05. The molecule has 0 amide bonds. The lowest BCUT2D eigenvalue weighted by Crippen LogP contribution is -2.18. The minimum atomic E-state index is -0.671. The van der Waals surface area contributed by atoms with E-state index < -0.39 is 5.97 Å². The molecular formula is C48H84O4. The summed E-state index contributed by atoms with van der Waals surface area (Å²) in [6.07, 6.45) is 59.8. The molecule has 4 heteroatoms. The van der Waals surface area contributed by atoms with Crippen molar-refractivity contribution in [3.8, 4) is 0 Å². The highest BCUT2D eigenvalue weighted by molar-refractivity contribution is 5.69. The first-order chi connectivity index (χ1) is 25.6. The van der Waals surface area contributed by atoms with E-state index >= 15 is 0 Å². The van der Waals surface area contributed by atoms with Crippen molar-refractivity contribution in [2.45, 2.75) is 232 Å². The summed E-state index contributed by atoms with van der Waals surface area (Å²) in [6, 6.07) is 0. The molecule has 0 aromatic rings. The molecule has 0 aromatic heterocycles. The number of rotatable bonds is 40. The molecule has 1 N–H and O–H groups in total. The minimum Gasteiger partial charge on any atom is -0.481 e. The Kier molecular flexibility index (Phi) is 41.1. The summed E-state index contributed by atoms with van der Waals surface area (Å²) in [6.45, 7) is 4.43. The number of carbonyl (C=O) groups is 2. The molecule has 0 spiro atoms. The second kappa shape index (κ2) is 43.0. The monoisotopic (exact) mass is 725 g/mol. The molecule has 0 aliphatic carbocycles. The van der Waals surface area contributed by atoms with Crippen LogP contribution in [0.15, 0.2) is 60.8 Å². The zero-order valence-corrected chi connectivity index (χ0v) is 34.4. The van der Waals surface area contributed by atoms with Crippen LogP contribution in [-0.4, -0.2) is 23.1 Å². The van der Waals surface area contributed by atoms with Crippen LogP contribution in [0.4, 0.5) is 0 Å². The van der Waals surface area contributed by atoms with Gasteiger partial charge < -0.3 is 9.84 Å². The van der Waals surface area contributed by atoms with Crippen LogP contribution in [0, 0.1) is 0 Å². The summed E-state index contributed by atoms with van der Waals surface area (Å²) in [5, 5.41) is 8.71. The van der Waals surface area contributed by atoms with Crippen LogP contribution in [0.3, 0.4) is 0 Å². The molecule has 52 heavy (non-hydrogen) atoms. The van der Waals surface area contributed by atoms with Crippen molar-refractivity contribution < 1.29 is 19.4 Å². The molecule has 1 atom stereocenters. The molecular weight excluding hydrogens is 641 g/mol. The topological polar surface area (TPSA) is 63.6 Å². The minimum absolute atomic E-state index is 0.0247. The number of carboxylic acids is 1. The van der Waals surface area contributed by atoms with Gasteiger partial charge in [-0.3, -0.25) is 9.59 Å². The predicted octanol–water partition coefficient (Wildman–Crippen LogP) is 15.7. The smallest absolute Gasteiger partial charge is 0.306 e. The Labute approximate surface area is 323 Å². The number of carboxylic acid groups (broad SMARTS) is 1. The van der Waals surface area contributed by atoms with E-state index in [1.807, 2.05) is 0 Å². The number of ether oxygens (including phenoxy) is 1. The van der Waals surface area contributed by atoms with Gasteiger partial charge in [0.05, 0.1) is 0 Å². The van der Waals surface area contributed by atoms with E-state index in [1.54, 1.807) is 0 Å². The maximum Gasteiger partial charge on any atom is 0.306 e. The van der Waals surface area contributed by atoms with Gasteiger partial charge in [-0.15, -0.1) is 0 Å². The Morgan fingerprint density at radius 3 is 1.25 bits per heavy atom. The van der Waals surface area contributed by atoms with E-state index in [-0.39, 0.29) is 12.1 Å². The average Bonchev–Trinajstić information content (AvgIpc) is 3.13. The molecule has 0 bridgehead atoms. The fraction of sp³-hybridized carbons (Fsp3) is 0.750. The van der Waals surface area contributed by atoms with E-state index in [0.29, 0.717) is 12.8 Å². The van der Waals surface area contributed by atoms with Crippen molar-refractivity contribution >= 4 is 11.9 Å². The van der Waals surface area contributed by atoms with E-state index in [1.165, 1.54) is 122 Å². The Morgan fingerprint density at radius 2 is 0.808 bits per heavy atom. The molecule has 0 aliphatic rings. The zero-order valence-electron chi connectivity index (χ0n) is 34.4. The summed E-state index contributed by atoms with van der Waals surface area (Å²) in [5.74, 6) is -0.646. The van der Waals surface area contributed by atoms with Crippen molar-refractivity contribution in [3.63, 3.8) is 0 Å². The van der Waals surface area contributed by atoms with E-state index in [9.17, 15) is 9.59 Å². The van der Waals surface area contributed by atoms with Gasteiger partial charge in [-0.25, -0.2) is 0 Å². The van der Waals surface area contributed by atoms with Crippen LogP contribution in [0.1, 0.15) is 226 Å². The van der Waals surface area contributed by atoms with Gasteiger partial charge in [0.15, 0.2) is 0 Å². The number of allylic oxidation sites excluding steroid dienone is 10. The first kappa shape index (κ1) is 49.6. The molecule has 0 aliphatic heterocycles. The number of hydrogen-bond donors (Lipinski definition) is 1. The zero-order chi connectivity index (χ0) is 37.8. The summed E-state index contributed by atoms with van der Waals surface area (Å²) in [7, 11) is 0. The summed E-state index contributed by atoms with van der Waals surface area (Å²) >= 11 is 0. The highest BCUT2D eigenvalue weighted by atomic mass is 16.5. The second-order valence-corrected chi connectivity index (χ2v) is 14.9. The van der Waals surface area contributed by atoms with E-state index in [4.69, 9.17) is 9.84 Å². The molecule has 0 heterocycles. The maximum absolute atomic E-state index is 12.7. The molecule has 0 radical (unpaired) electrons. The standard InChI is InChI=1S/C48H84O4/c1-3-5-7-9-11-12-13-14-15-16-17-18-19-20-21-22-27-30-33-37-41-45-48(51)52-46(42-38-34-10-8-6-4-2)43-39-35-31-28-25-23-24-26-29-32-36-40-44-47(49)50/h5,7,11-12,14-15,17-18,20-21,46H,3-4,6,8-10,13,16,19,22-45H2,1-2H3,(H,49,50)/b7-5-,12-11-,15-14-,18-17-,21-20-. The van der Waals surface area contributed by atoms with Crippen molar-refractivity contribution in [2.75, 3.05) is 0 Å². The molecule has 0 fully saturated rings. The lowest BCUT2D eigenvalue weighted by atomic mass is 10.0. The molecule has 0 saturated carbocycles.